The van der Waals surface area contributed by atoms with E-state index >= 15 is 0 Å². The second-order valence-corrected chi connectivity index (χ2v) is 4.42. The summed E-state index contributed by atoms with van der Waals surface area (Å²) in [7, 11) is 1.29. The van der Waals surface area contributed by atoms with E-state index in [9.17, 15) is 14.0 Å². The molecule has 1 amide bonds. The van der Waals surface area contributed by atoms with E-state index in [1.165, 1.54) is 25.3 Å². The standard InChI is InChI=1S/C16H14FNO3/c1-21-16(20)12-3-2-4-14(10-12)18-15(19)9-11-5-7-13(17)8-6-11/h2-8,10H,9H2,1H3,(H,18,19). The second-order valence-electron chi connectivity index (χ2n) is 4.42. The van der Waals surface area contributed by atoms with Gasteiger partial charge in [0.15, 0.2) is 0 Å². The zero-order chi connectivity index (χ0) is 15.2. The molecule has 2 rings (SSSR count). The molecule has 0 aliphatic heterocycles. The molecule has 1 N–H and O–H groups in total. The lowest BCUT2D eigenvalue weighted by Gasteiger charge is -2.07. The number of carbonyl (C=O) groups excluding carboxylic acids is 2. The lowest BCUT2D eigenvalue weighted by molar-refractivity contribution is -0.115. The number of esters is 1. The average Bonchev–Trinajstić information content (AvgIpc) is 2.49. The predicted molar refractivity (Wildman–Crippen MR) is 76.5 cm³/mol. The summed E-state index contributed by atoms with van der Waals surface area (Å²) in [6, 6.07) is 12.2. The third-order valence-corrected chi connectivity index (χ3v) is 2.85. The Kier molecular flexibility index (Phi) is 4.66. The van der Waals surface area contributed by atoms with Crippen molar-refractivity contribution >= 4 is 17.6 Å². The van der Waals surface area contributed by atoms with Crippen molar-refractivity contribution in [3.63, 3.8) is 0 Å². The van der Waals surface area contributed by atoms with Gasteiger partial charge < -0.3 is 10.1 Å². The lowest BCUT2D eigenvalue weighted by atomic mass is 10.1. The van der Waals surface area contributed by atoms with E-state index in [-0.39, 0.29) is 18.1 Å². The van der Waals surface area contributed by atoms with Gasteiger partial charge in [0, 0.05) is 5.69 Å². The number of benzene rings is 2. The van der Waals surface area contributed by atoms with Crippen LogP contribution < -0.4 is 5.32 Å². The number of methoxy groups -OCH3 is 1. The van der Waals surface area contributed by atoms with E-state index in [0.717, 1.165) is 0 Å². The van der Waals surface area contributed by atoms with Crippen molar-refractivity contribution in [3.8, 4) is 0 Å². The Hall–Kier alpha value is -2.69. The molecule has 0 heterocycles. The number of rotatable bonds is 4. The first-order valence-corrected chi connectivity index (χ1v) is 6.31. The molecule has 0 bridgehead atoms. The van der Waals surface area contributed by atoms with E-state index in [2.05, 4.69) is 10.1 Å². The van der Waals surface area contributed by atoms with Crippen LogP contribution in [0.25, 0.3) is 0 Å². The molecule has 0 saturated carbocycles. The highest BCUT2D eigenvalue weighted by molar-refractivity contribution is 5.95. The molecule has 0 aliphatic carbocycles. The number of nitrogens with one attached hydrogen (secondary N) is 1. The van der Waals surface area contributed by atoms with Gasteiger partial charge in [-0.2, -0.15) is 0 Å². The minimum absolute atomic E-state index is 0.128. The number of hydrogen-bond donors (Lipinski definition) is 1. The normalized spacial score (nSPS) is 10.0. The largest absolute Gasteiger partial charge is 0.465 e. The predicted octanol–water partition coefficient (Wildman–Crippen LogP) is 2.79. The number of carbonyl (C=O) groups is 2. The fraction of sp³-hybridized carbons (Fsp3) is 0.125. The van der Waals surface area contributed by atoms with E-state index in [4.69, 9.17) is 0 Å². The fourth-order valence-electron chi connectivity index (χ4n) is 1.83. The smallest absolute Gasteiger partial charge is 0.337 e. The molecule has 4 nitrogen and oxygen atoms in total. The maximum Gasteiger partial charge on any atom is 0.337 e. The van der Waals surface area contributed by atoms with Gasteiger partial charge in [0.1, 0.15) is 5.82 Å². The van der Waals surface area contributed by atoms with Crippen molar-refractivity contribution in [1.82, 2.24) is 0 Å². The van der Waals surface area contributed by atoms with Gasteiger partial charge in [-0.25, -0.2) is 9.18 Å². The maximum atomic E-state index is 12.8. The molecule has 0 aromatic heterocycles. The highest BCUT2D eigenvalue weighted by Crippen LogP contribution is 2.12. The molecular formula is C16H14FNO3. The Labute approximate surface area is 121 Å². The van der Waals surface area contributed by atoms with Crippen molar-refractivity contribution in [1.29, 1.82) is 0 Å². The summed E-state index contributed by atoms with van der Waals surface area (Å²) in [6.45, 7) is 0. The van der Waals surface area contributed by atoms with E-state index in [1.54, 1.807) is 30.3 Å². The molecule has 0 unspecified atom stereocenters. The molecule has 0 saturated heterocycles. The number of hydrogen-bond acceptors (Lipinski definition) is 3. The van der Waals surface area contributed by atoms with Gasteiger partial charge in [0.05, 0.1) is 19.1 Å². The van der Waals surface area contributed by atoms with Crippen molar-refractivity contribution in [2.24, 2.45) is 0 Å². The molecule has 0 aliphatic rings. The Morgan fingerprint density at radius 2 is 1.86 bits per heavy atom. The molecular weight excluding hydrogens is 273 g/mol. The zero-order valence-electron chi connectivity index (χ0n) is 11.4. The van der Waals surface area contributed by atoms with Gasteiger partial charge in [-0.15, -0.1) is 0 Å². The van der Waals surface area contributed by atoms with Crippen LogP contribution in [0.15, 0.2) is 48.5 Å². The van der Waals surface area contributed by atoms with Crippen LogP contribution in [0.1, 0.15) is 15.9 Å². The summed E-state index contributed by atoms with van der Waals surface area (Å²) in [5, 5.41) is 2.68. The first-order valence-electron chi connectivity index (χ1n) is 6.31. The van der Waals surface area contributed by atoms with Crippen molar-refractivity contribution in [2.75, 3.05) is 12.4 Å². The summed E-state index contributed by atoms with van der Waals surface area (Å²) in [5.74, 6) is -1.06. The fourth-order valence-corrected chi connectivity index (χ4v) is 1.83. The van der Waals surface area contributed by atoms with E-state index < -0.39 is 5.97 Å². The average molecular weight is 287 g/mol. The van der Waals surface area contributed by atoms with Crippen LogP contribution in [0.4, 0.5) is 10.1 Å². The number of ether oxygens (including phenoxy) is 1. The van der Waals surface area contributed by atoms with Gasteiger partial charge in [-0.1, -0.05) is 18.2 Å². The molecule has 0 spiro atoms. The monoisotopic (exact) mass is 287 g/mol. The minimum atomic E-state index is -0.468. The molecule has 108 valence electrons. The number of amides is 1. The van der Waals surface area contributed by atoms with Crippen LogP contribution in [-0.4, -0.2) is 19.0 Å². The molecule has 0 fully saturated rings. The van der Waals surface area contributed by atoms with Gasteiger partial charge >= 0.3 is 5.97 Å². The van der Waals surface area contributed by atoms with Crippen LogP contribution in [0, 0.1) is 5.82 Å². The Balaban J connectivity index is 2.02. The van der Waals surface area contributed by atoms with Crippen LogP contribution >= 0.6 is 0 Å². The summed E-state index contributed by atoms with van der Waals surface area (Å²) >= 11 is 0. The van der Waals surface area contributed by atoms with Crippen molar-refractivity contribution in [2.45, 2.75) is 6.42 Å². The molecule has 0 atom stereocenters. The summed E-state index contributed by atoms with van der Waals surface area (Å²) in [6.07, 6.45) is 0.128. The third-order valence-electron chi connectivity index (χ3n) is 2.85. The number of halogens is 1. The summed E-state index contributed by atoms with van der Waals surface area (Å²) in [5.41, 5.74) is 1.57. The highest BCUT2D eigenvalue weighted by Gasteiger charge is 2.08. The summed E-state index contributed by atoms with van der Waals surface area (Å²) < 4.78 is 17.4. The first-order chi connectivity index (χ1) is 10.1. The highest BCUT2D eigenvalue weighted by atomic mass is 19.1. The quantitative estimate of drug-likeness (QED) is 0.880. The Bertz CT molecular complexity index is 653. The SMILES string of the molecule is COC(=O)c1cccc(NC(=O)Cc2ccc(F)cc2)c1. The molecule has 2 aromatic carbocycles. The first kappa shape index (κ1) is 14.7. The second kappa shape index (κ2) is 6.65. The minimum Gasteiger partial charge on any atom is -0.465 e. The third kappa shape index (κ3) is 4.14. The molecule has 0 radical (unpaired) electrons. The molecule has 2 aromatic rings. The zero-order valence-corrected chi connectivity index (χ0v) is 11.4. The topological polar surface area (TPSA) is 55.4 Å². The Morgan fingerprint density at radius 1 is 1.14 bits per heavy atom. The van der Waals surface area contributed by atoms with Crippen LogP contribution in [0.3, 0.4) is 0 Å². The maximum absolute atomic E-state index is 12.8. The van der Waals surface area contributed by atoms with Crippen molar-refractivity contribution in [3.05, 3.63) is 65.5 Å². The van der Waals surface area contributed by atoms with Gasteiger partial charge in [-0.3, -0.25) is 4.79 Å². The van der Waals surface area contributed by atoms with Gasteiger partial charge in [0.25, 0.3) is 0 Å². The van der Waals surface area contributed by atoms with E-state index in [1.807, 2.05) is 0 Å². The lowest BCUT2D eigenvalue weighted by Crippen LogP contribution is -2.14. The van der Waals surface area contributed by atoms with Crippen molar-refractivity contribution < 1.29 is 18.7 Å². The Morgan fingerprint density at radius 3 is 2.52 bits per heavy atom. The van der Waals surface area contributed by atoms with E-state index in [0.29, 0.717) is 16.8 Å². The molecule has 21 heavy (non-hydrogen) atoms. The molecule has 5 heteroatoms. The van der Waals surface area contributed by atoms with Crippen LogP contribution in [0.2, 0.25) is 0 Å². The van der Waals surface area contributed by atoms with Crippen LogP contribution in [0.5, 0.6) is 0 Å². The summed E-state index contributed by atoms with van der Waals surface area (Å²) in [4.78, 5) is 23.3. The number of anilines is 1. The van der Waals surface area contributed by atoms with Crippen LogP contribution in [-0.2, 0) is 16.0 Å². The van der Waals surface area contributed by atoms with Gasteiger partial charge in [0.2, 0.25) is 5.91 Å². The van der Waals surface area contributed by atoms with Gasteiger partial charge in [-0.05, 0) is 35.9 Å².